The molecule has 4 nitrogen and oxygen atoms in total. The Morgan fingerprint density at radius 1 is 1.39 bits per heavy atom. The molecular formula is C12H15FN2O2S. The van der Waals surface area contributed by atoms with E-state index in [1.807, 2.05) is 13.0 Å². The zero-order valence-electron chi connectivity index (χ0n) is 10.1. The first-order valence-corrected chi connectivity index (χ1v) is 7.06. The van der Waals surface area contributed by atoms with Crippen LogP contribution in [0.2, 0.25) is 0 Å². The summed E-state index contributed by atoms with van der Waals surface area (Å²) in [5, 5.41) is 0. The fraction of sp³-hybridized carbons (Fsp3) is 0.333. The van der Waals surface area contributed by atoms with Crippen molar-refractivity contribution < 1.29 is 12.8 Å². The lowest BCUT2D eigenvalue weighted by molar-refractivity contribution is 0.431. The highest BCUT2D eigenvalue weighted by atomic mass is 32.2. The van der Waals surface area contributed by atoms with Gasteiger partial charge in [0.15, 0.2) is 0 Å². The molecule has 2 N–H and O–H groups in total. The molecule has 0 aliphatic carbocycles. The molecule has 0 saturated heterocycles. The summed E-state index contributed by atoms with van der Waals surface area (Å²) < 4.78 is 39.3. The van der Waals surface area contributed by atoms with Crippen LogP contribution in [0.25, 0.3) is 0 Å². The van der Waals surface area contributed by atoms with Crippen molar-refractivity contribution in [1.82, 2.24) is 4.31 Å². The third-order valence-electron chi connectivity index (χ3n) is 3.03. The predicted molar refractivity (Wildman–Crippen MR) is 67.9 cm³/mol. The van der Waals surface area contributed by atoms with Gasteiger partial charge in [-0.2, -0.15) is 4.31 Å². The first kappa shape index (κ1) is 13.0. The fourth-order valence-corrected chi connectivity index (χ4v) is 3.36. The van der Waals surface area contributed by atoms with Gasteiger partial charge in [-0.05, 0) is 25.5 Å². The number of hydrogen-bond acceptors (Lipinski definition) is 3. The number of nitrogens with two attached hydrogens (primary N) is 1. The predicted octanol–water partition coefficient (Wildman–Crippen LogP) is 1.75. The standard InChI is InChI=1S/C12H15FN2O2S/c1-9-5-7-15(8-6-9)18(16,17)11-4-2-3-10(13)12(11)14/h2-5H,6-8,14H2,1H3. The SMILES string of the molecule is CC1=CCN(S(=O)(=O)c2cccc(F)c2N)CC1. The molecule has 1 heterocycles. The Balaban J connectivity index is 2.40. The maximum Gasteiger partial charge on any atom is 0.245 e. The van der Waals surface area contributed by atoms with Crippen molar-refractivity contribution in [2.24, 2.45) is 0 Å². The first-order valence-electron chi connectivity index (χ1n) is 5.62. The zero-order valence-corrected chi connectivity index (χ0v) is 10.9. The van der Waals surface area contributed by atoms with Crippen molar-refractivity contribution in [2.75, 3.05) is 18.8 Å². The number of sulfonamides is 1. The molecule has 6 heteroatoms. The van der Waals surface area contributed by atoms with Gasteiger partial charge in [-0.25, -0.2) is 12.8 Å². The molecule has 0 radical (unpaired) electrons. The molecule has 1 aromatic carbocycles. The molecule has 0 bridgehead atoms. The van der Waals surface area contributed by atoms with Gasteiger partial charge in [0, 0.05) is 13.1 Å². The van der Waals surface area contributed by atoms with Crippen LogP contribution >= 0.6 is 0 Å². The van der Waals surface area contributed by atoms with Gasteiger partial charge in [0.1, 0.15) is 10.7 Å². The van der Waals surface area contributed by atoms with Crippen LogP contribution in [0.15, 0.2) is 34.7 Å². The minimum atomic E-state index is -3.71. The lowest BCUT2D eigenvalue weighted by Crippen LogP contribution is -2.35. The molecule has 0 unspecified atom stereocenters. The lowest BCUT2D eigenvalue weighted by atomic mass is 10.1. The number of halogens is 1. The Morgan fingerprint density at radius 2 is 2.11 bits per heavy atom. The minimum Gasteiger partial charge on any atom is -0.395 e. The summed E-state index contributed by atoms with van der Waals surface area (Å²) in [5.41, 5.74) is 6.35. The summed E-state index contributed by atoms with van der Waals surface area (Å²) >= 11 is 0. The minimum absolute atomic E-state index is 0.157. The van der Waals surface area contributed by atoms with E-state index >= 15 is 0 Å². The molecular weight excluding hydrogens is 255 g/mol. The number of rotatable bonds is 2. The molecule has 0 amide bonds. The number of para-hydroxylation sites is 1. The second kappa shape index (κ2) is 4.70. The Morgan fingerprint density at radius 3 is 2.72 bits per heavy atom. The second-order valence-electron chi connectivity index (χ2n) is 4.32. The molecule has 1 aliphatic rings. The second-order valence-corrected chi connectivity index (χ2v) is 6.22. The average Bonchev–Trinajstić information content (AvgIpc) is 2.33. The molecule has 98 valence electrons. The fourth-order valence-electron chi connectivity index (χ4n) is 1.85. The quantitative estimate of drug-likeness (QED) is 0.658. The van der Waals surface area contributed by atoms with Crippen LogP contribution in [-0.4, -0.2) is 25.8 Å². The van der Waals surface area contributed by atoms with Crippen molar-refractivity contribution in [3.05, 3.63) is 35.7 Å². The topological polar surface area (TPSA) is 63.4 Å². The smallest absolute Gasteiger partial charge is 0.245 e. The van der Waals surface area contributed by atoms with E-state index in [1.165, 1.54) is 16.4 Å². The highest BCUT2D eigenvalue weighted by molar-refractivity contribution is 7.89. The zero-order chi connectivity index (χ0) is 13.3. The Labute approximate surface area is 106 Å². The van der Waals surface area contributed by atoms with E-state index in [-0.39, 0.29) is 10.6 Å². The van der Waals surface area contributed by atoms with Gasteiger partial charge < -0.3 is 5.73 Å². The van der Waals surface area contributed by atoms with E-state index < -0.39 is 15.8 Å². The van der Waals surface area contributed by atoms with Gasteiger partial charge in [0.05, 0.1) is 5.69 Å². The summed E-state index contributed by atoms with van der Waals surface area (Å²) in [6, 6.07) is 3.83. The number of benzene rings is 1. The van der Waals surface area contributed by atoms with Crippen molar-refractivity contribution in [3.8, 4) is 0 Å². The van der Waals surface area contributed by atoms with Crippen LogP contribution in [0.5, 0.6) is 0 Å². The number of hydrogen-bond donors (Lipinski definition) is 1. The van der Waals surface area contributed by atoms with E-state index in [0.717, 1.165) is 11.6 Å². The highest BCUT2D eigenvalue weighted by Gasteiger charge is 2.28. The van der Waals surface area contributed by atoms with Crippen LogP contribution in [0.3, 0.4) is 0 Å². The van der Waals surface area contributed by atoms with Gasteiger partial charge in [0.2, 0.25) is 10.0 Å². The van der Waals surface area contributed by atoms with E-state index in [4.69, 9.17) is 5.73 Å². The van der Waals surface area contributed by atoms with E-state index in [2.05, 4.69) is 0 Å². The van der Waals surface area contributed by atoms with Gasteiger partial charge in [-0.15, -0.1) is 0 Å². The monoisotopic (exact) mass is 270 g/mol. The average molecular weight is 270 g/mol. The van der Waals surface area contributed by atoms with Crippen LogP contribution < -0.4 is 5.73 Å². The van der Waals surface area contributed by atoms with Gasteiger partial charge in [-0.1, -0.05) is 17.7 Å². The van der Waals surface area contributed by atoms with Crippen LogP contribution in [0.1, 0.15) is 13.3 Å². The van der Waals surface area contributed by atoms with Gasteiger partial charge in [-0.3, -0.25) is 0 Å². The van der Waals surface area contributed by atoms with Gasteiger partial charge in [0.25, 0.3) is 0 Å². The molecule has 1 aromatic rings. The third-order valence-corrected chi connectivity index (χ3v) is 4.95. The van der Waals surface area contributed by atoms with Gasteiger partial charge >= 0.3 is 0 Å². The Hall–Kier alpha value is -1.40. The molecule has 2 rings (SSSR count). The van der Waals surface area contributed by atoms with Crippen LogP contribution in [0, 0.1) is 5.82 Å². The normalized spacial score (nSPS) is 17.6. The van der Waals surface area contributed by atoms with E-state index in [1.54, 1.807) is 0 Å². The van der Waals surface area contributed by atoms with E-state index in [9.17, 15) is 12.8 Å². The molecule has 0 atom stereocenters. The van der Waals surface area contributed by atoms with Crippen molar-refractivity contribution in [2.45, 2.75) is 18.2 Å². The molecule has 0 fully saturated rings. The molecule has 18 heavy (non-hydrogen) atoms. The molecule has 0 saturated carbocycles. The largest absolute Gasteiger partial charge is 0.395 e. The molecule has 0 aromatic heterocycles. The molecule has 0 spiro atoms. The highest BCUT2D eigenvalue weighted by Crippen LogP contribution is 2.26. The maximum absolute atomic E-state index is 13.3. The third kappa shape index (κ3) is 2.26. The van der Waals surface area contributed by atoms with Crippen molar-refractivity contribution >= 4 is 15.7 Å². The summed E-state index contributed by atoms with van der Waals surface area (Å²) in [6.45, 7) is 2.67. The van der Waals surface area contributed by atoms with Crippen LogP contribution in [0.4, 0.5) is 10.1 Å². The maximum atomic E-state index is 13.3. The summed E-state index contributed by atoms with van der Waals surface area (Å²) in [7, 11) is -3.71. The first-order chi connectivity index (χ1) is 8.43. The number of anilines is 1. The lowest BCUT2D eigenvalue weighted by Gasteiger charge is -2.25. The number of nitrogens with zero attached hydrogens (tertiary/aromatic N) is 1. The Kier molecular flexibility index (Phi) is 3.41. The Bertz CT molecular complexity index is 596. The van der Waals surface area contributed by atoms with Crippen molar-refractivity contribution in [3.63, 3.8) is 0 Å². The van der Waals surface area contributed by atoms with Crippen molar-refractivity contribution in [1.29, 1.82) is 0 Å². The van der Waals surface area contributed by atoms with E-state index in [0.29, 0.717) is 19.5 Å². The number of nitrogen functional groups attached to an aromatic ring is 1. The summed E-state index contributed by atoms with van der Waals surface area (Å²) in [6.07, 6.45) is 2.55. The summed E-state index contributed by atoms with van der Waals surface area (Å²) in [5.74, 6) is -0.709. The molecule has 1 aliphatic heterocycles. The summed E-state index contributed by atoms with van der Waals surface area (Å²) in [4.78, 5) is -0.157. The van der Waals surface area contributed by atoms with Crippen LogP contribution in [-0.2, 0) is 10.0 Å².